The van der Waals surface area contributed by atoms with Gasteiger partial charge in [-0.3, -0.25) is 32.7 Å². The van der Waals surface area contributed by atoms with Gasteiger partial charge in [-0.1, -0.05) is 29.0 Å². The monoisotopic (exact) mass is 1100 g/mol. The molecule has 0 radical (unpaired) electrons. The summed E-state index contributed by atoms with van der Waals surface area (Å²) in [6.45, 7) is 1.28. The van der Waals surface area contributed by atoms with Gasteiger partial charge >= 0.3 is 0 Å². The van der Waals surface area contributed by atoms with Gasteiger partial charge in [-0.15, -0.1) is 30.7 Å². The first-order valence-electron chi connectivity index (χ1n) is 18.7. The van der Waals surface area contributed by atoms with Crippen molar-refractivity contribution in [2.75, 3.05) is 12.4 Å². The van der Waals surface area contributed by atoms with Crippen molar-refractivity contribution in [1.29, 1.82) is 0 Å². The number of aromatic nitrogens is 3. The van der Waals surface area contributed by atoms with Crippen LogP contribution in [0.1, 0.15) is 12.0 Å². The standard InChI is InChI=1S/C36H28ClN9O18S6/c1-17-9-27(29(64-7-2-8-66(49,50)51)15-26(17)42-45-36-39-32-30(65-36)10-18(37)11-31(32)69(58,59)60)43-40-24-5-4-23-22(33(24)47)3-6-25(34(23)70(61,62)63)41-44-28-16-38-46(35(28)48)19-12-20(67(52,53)54)14-21(13-19)68(55,56)57/h3-6,9-16,38,47H,2,7-8H2,1H3,(H,49,50,51)(H,52,53,54)(H,55,56,57)(H,58,59,60)(H,61,62,63). The van der Waals surface area contributed by atoms with Gasteiger partial charge < -0.3 is 9.84 Å². The summed E-state index contributed by atoms with van der Waals surface area (Å²) >= 11 is 6.91. The third-order valence-corrected chi connectivity index (χ3v) is 14.7. The van der Waals surface area contributed by atoms with Crippen LogP contribution in [0.25, 0.3) is 26.7 Å². The minimum atomic E-state index is -5.21. The van der Waals surface area contributed by atoms with Gasteiger partial charge in [0.05, 0.1) is 44.4 Å². The summed E-state index contributed by atoms with van der Waals surface area (Å²) < 4.78 is 174. The highest BCUT2D eigenvalue weighted by Crippen LogP contribution is 2.43. The Balaban J connectivity index is 1.22. The fourth-order valence-corrected chi connectivity index (χ4v) is 10.7. The summed E-state index contributed by atoms with van der Waals surface area (Å²) in [6, 6.07) is 11.3. The number of nitrogens with one attached hydrogen (secondary N) is 1. The Labute approximate surface area is 402 Å². The number of rotatable bonds is 16. The normalized spacial score (nSPS) is 13.2. The van der Waals surface area contributed by atoms with Crippen molar-refractivity contribution in [1.82, 2.24) is 14.8 Å². The summed E-state index contributed by atoms with van der Waals surface area (Å²) in [4.78, 5) is 13.9. The van der Waals surface area contributed by atoms with Crippen LogP contribution in [-0.2, 0) is 50.6 Å². The van der Waals surface area contributed by atoms with Gasteiger partial charge in [0.2, 0.25) is 5.13 Å². The summed E-state index contributed by atoms with van der Waals surface area (Å²) in [5.74, 6) is -1.41. The highest BCUT2D eigenvalue weighted by atomic mass is 35.5. The molecule has 34 heteroatoms. The average molecular weight is 1100 g/mol. The molecule has 27 nitrogen and oxygen atoms in total. The zero-order valence-electron chi connectivity index (χ0n) is 34.5. The lowest BCUT2D eigenvalue weighted by Gasteiger charge is -2.11. The molecule has 0 amide bonds. The maximum Gasteiger partial charge on any atom is 0.298 e. The Kier molecular flexibility index (Phi) is 13.9. The van der Waals surface area contributed by atoms with E-state index >= 15 is 0 Å². The van der Waals surface area contributed by atoms with Crippen molar-refractivity contribution in [2.24, 2.45) is 30.7 Å². The Morgan fingerprint density at radius 1 is 0.686 bits per heavy atom. The lowest BCUT2D eigenvalue weighted by molar-refractivity contribution is 0.317. The van der Waals surface area contributed by atoms with E-state index in [-0.39, 0.29) is 67.0 Å². The number of phenols is 1. The molecule has 7 rings (SSSR count). The number of hydrogen-bond acceptors (Lipinski definition) is 21. The molecule has 0 aliphatic rings. The highest BCUT2D eigenvalue weighted by Gasteiger charge is 2.25. The molecule has 0 aliphatic carbocycles. The predicted molar refractivity (Wildman–Crippen MR) is 246 cm³/mol. The maximum atomic E-state index is 13.2. The van der Waals surface area contributed by atoms with E-state index < -0.39 is 104 Å². The fraction of sp³-hybridized carbons (Fsp3) is 0.111. The summed E-state index contributed by atoms with van der Waals surface area (Å²) in [7, 11) is -24.4. The van der Waals surface area contributed by atoms with Crippen molar-refractivity contribution in [3.8, 4) is 17.2 Å². The fourth-order valence-electron chi connectivity index (χ4n) is 6.27. The number of ether oxygens (including phenoxy) is 1. The van der Waals surface area contributed by atoms with Crippen LogP contribution in [0.4, 0.5) is 33.6 Å². The Morgan fingerprint density at radius 2 is 1.29 bits per heavy atom. The van der Waals surface area contributed by atoms with Crippen molar-refractivity contribution < 1.29 is 74.7 Å². The van der Waals surface area contributed by atoms with Gasteiger partial charge in [0.25, 0.3) is 56.1 Å². The number of halogens is 1. The molecule has 0 saturated heterocycles. The predicted octanol–water partition coefficient (Wildman–Crippen LogP) is 7.49. The number of fused-ring (bicyclic) bond motifs is 2. The van der Waals surface area contributed by atoms with E-state index in [2.05, 4.69) is 40.8 Å². The zero-order valence-corrected chi connectivity index (χ0v) is 40.2. The van der Waals surface area contributed by atoms with Gasteiger partial charge in [0, 0.05) is 21.9 Å². The van der Waals surface area contributed by atoms with Crippen LogP contribution in [0.5, 0.6) is 11.5 Å². The summed E-state index contributed by atoms with van der Waals surface area (Å²) in [6.07, 6.45) is 0.699. The third kappa shape index (κ3) is 11.6. The number of phenolic OH excluding ortho intramolecular Hbond substituents is 1. The van der Waals surface area contributed by atoms with Crippen LogP contribution in [0, 0.1) is 6.92 Å². The first-order chi connectivity index (χ1) is 32.5. The smallest absolute Gasteiger partial charge is 0.298 e. The van der Waals surface area contributed by atoms with E-state index in [1.54, 1.807) is 6.92 Å². The van der Waals surface area contributed by atoms with Gasteiger partial charge in [-0.25, -0.2) is 9.67 Å². The van der Waals surface area contributed by atoms with Crippen molar-refractivity contribution >= 4 is 128 Å². The van der Waals surface area contributed by atoms with Crippen molar-refractivity contribution in [2.45, 2.75) is 32.9 Å². The summed E-state index contributed by atoms with van der Waals surface area (Å²) in [5, 5.41) is 37.0. The molecular formula is C36H28ClN9O18S6. The Morgan fingerprint density at radius 3 is 1.91 bits per heavy atom. The number of aromatic amines is 1. The zero-order chi connectivity index (χ0) is 51.3. The van der Waals surface area contributed by atoms with Crippen molar-refractivity contribution in [3.63, 3.8) is 0 Å². The maximum absolute atomic E-state index is 13.2. The van der Waals surface area contributed by atoms with E-state index in [1.165, 1.54) is 18.2 Å². The molecule has 0 saturated carbocycles. The minimum Gasteiger partial charge on any atom is -0.505 e. The number of hydrogen-bond donors (Lipinski definition) is 7. The van der Waals surface area contributed by atoms with E-state index in [1.807, 2.05) is 0 Å². The van der Waals surface area contributed by atoms with E-state index in [0.29, 0.717) is 28.4 Å². The van der Waals surface area contributed by atoms with Gasteiger partial charge in [-0.2, -0.15) is 42.1 Å². The lowest BCUT2D eigenvalue weighted by atomic mass is 10.1. The first kappa shape index (κ1) is 51.4. The van der Waals surface area contributed by atoms with Crippen molar-refractivity contribution in [3.05, 3.63) is 93.9 Å². The van der Waals surface area contributed by atoms with Gasteiger partial charge in [0.15, 0.2) is 11.4 Å². The topological polar surface area (TPSA) is 426 Å². The number of aromatic hydroxyl groups is 1. The van der Waals surface area contributed by atoms with E-state index in [0.717, 1.165) is 47.9 Å². The number of aryl methyl sites for hydroxylation is 1. The molecule has 0 fully saturated rings. The average Bonchev–Trinajstić information content (AvgIpc) is 3.83. The van der Waals surface area contributed by atoms with Gasteiger partial charge in [-0.05, 0) is 73.5 Å². The molecule has 7 aromatic rings. The molecule has 5 aromatic carbocycles. The molecule has 0 aliphatic heterocycles. The molecule has 7 N–H and O–H groups in total. The van der Waals surface area contributed by atoms with Crippen LogP contribution in [0.2, 0.25) is 5.02 Å². The molecular weight excluding hydrogens is 1070 g/mol. The Bertz CT molecular complexity index is 4010. The largest absolute Gasteiger partial charge is 0.505 e. The van der Waals surface area contributed by atoms with E-state index in [9.17, 15) is 74.8 Å². The molecule has 0 unspecified atom stereocenters. The molecule has 70 heavy (non-hydrogen) atoms. The van der Waals surface area contributed by atoms with Crippen LogP contribution < -0.4 is 10.3 Å². The van der Waals surface area contributed by atoms with Crippen LogP contribution in [-0.4, -0.2) is 97.1 Å². The lowest BCUT2D eigenvalue weighted by Crippen LogP contribution is -2.16. The third-order valence-electron chi connectivity index (χ3n) is 9.36. The molecule has 0 bridgehead atoms. The van der Waals surface area contributed by atoms with Gasteiger partial charge in [0.1, 0.15) is 38.1 Å². The number of benzene rings is 5. The second-order valence-electron chi connectivity index (χ2n) is 14.2. The molecule has 2 heterocycles. The highest BCUT2D eigenvalue weighted by molar-refractivity contribution is 7.87. The number of azo groups is 3. The molecule has 0 atom stereocenters. The van der Waals surface area contributed by atoms with Crippen LogP contribution in [0.15, 0.2) is 128 Å². The number of thiazole rings is 1. The number of H-pyrrole nitrogens is 1. The molecule has 2 aromatic heterocycles. The Hall–Kier alpha value is -6.50. The van der Waals surface area contributed by atoms with Crippen LogP contribution in [0.3, 0.4) is 0 Å². The SMILES string of the molecule is Cc1cc(N=Nc2ccc3c(S(=O)(=O)O)c(N=Nc4c[nH]n(-c5cc(S(=O)(=O)O)cc(S(=O)(=O)O)c5)c4=O)ccc3c2O)c(OCCCS(=O)(=O)O)cc1N=Nc1nc2c(S(=O)(=O)O)cc(Cl)cc2s1. The molecule has 0 spiro atoms. The quantitative estimate of drug-likeness (QED) is 0.0280. The van der Waals surface area contributed by atoms with Crippen LogP contribution >= 0.6 is 22.9 Å². The summed E-state index contributed by atoms with van der Waals surface area (Å²) in [5.41, 5.74) is -2.71. The second-order valence-corrected chi connectivity index (χ2v) is 22.9. The molecule has 368 valence electrons. The first-order valence-corrected chi connectivity index (χ1v) is 27.3. The number of nitrogens with zero attached hydrogens (tertiary/aromatic N) is 8. The minimum absolute atomic E-state index is 0.00166. The van der Waals surface area contributed by atoms with E-state index in [4.69, 9.17) is 16.3 Å². The second kappa shape index (κ2) is 19.0.